The molecule has 0 N–H and O–H groups in total. The van der Waals surface area contributed by atoms with E-state index >= 15 is 0 Å². The van der Waals surface area contributed by atoms with Gasteiger partial charge in [0, 0.05) is 4.90 Å². The molecule has 0 bridgehead atoms. The van der Waals surface area contributed by atoms with Gasteiger partial charge in [-0.3, -0.25) is 0 Å². The molecule has 0 amide bonds. The van der Waals surface area contributed by atoms with Gasteiger partial charge in [0.25, 0.3) is 0 Å². The van der Waals surface area contributed by atoms with E-state index in [0.29, 0.717) is 10.0 Å². The molecule has 0 radical (unpaired) electrons. The third-order valence-corrected chi connectivity index (χ3v) is 4.42. The van der Waals surface area contributed by atoms with Crippen molar-refractivity contribution in [1.29, 1.82) is 0 Å². The summed E-state index contributed by atoms with van der Waals surface area (Å²) in [5, 5.41) is 1.25. The average molecular weight is 295 g/mol. The highest BCUT2D eigenvalue weighted by atomic mass is 35.5. The Labute approximate surface area is 118 Å². The van der Waals surface area contributed by atoms with Crippen molar-refractivity contribution in [2.45, 2.75) is 24.7 Å². The second-order valence-corrected chi connectivity index (χ2v) is 6.26. The molecule has 1 unspecified atom stereocenters. The van der Waals surface area contributed by atoms with Gasteiger partial charge in [-0.2, -0.15) is 12.6 Å². The summed E-state index contributed by atoms with van der Waals surface area (Å²) in [6, 6.07) is 5.80. The van der Waals surface area contributed by atoms with E-state index < -0.39 is 0 Å². The molecule has 90 valence electrons. The van der Waals surface area contributed by atoms with Crippen LogP contribution in [0.1, 0.15) is 19.8 Å². The molecule has 0 heterocycles. The van der Waals surface area contributed by atoms with Gasteiger partial charge in [-0.05, 0) is 48.5 Å². The number of halogens is 2. The van der Waals surface area contributed by atoms with Crippen LogP contribution in [0, 0.1) is 5.92 Å². The molecule has 16 heavy (non-hydrogen) atoms. The molecule has 0 aliphatic carbocycles. The van der Waals surface area contributed by atoms with Gasteiger partial charge in [-0.25, -0.2) is 0 Å². The van der Waals surface area contributed by atoms with Crippen LogP contribution in [-0.4, -0.2) is 11.5 Å². The largest absolute Gasteiger partial charge is 0.179 e. The van der Waals surface area contributed by atoms with E-state index in [0.717, 1.165) is 17.4 Å². The highest BCUT2D eigenvalue weighted by Crippen LogP contribution is 2.28. The number of thiol groups is 1. The number of thioether (sulfide) groups is 1. The molecule has 1 rings (SSSR count). The van der Waals surface area contributed by atoms with Crippen LogP contribution in [0.15, 0.2) is 23.1 Å². The Balaban J connectivity index is 2.34. The molecule has 0 nitrogen and oxygen atoms in total. The van der Waals surface area contributed by atoms with Crippen molar-refractivity contribution in [1.82, 2.24) is 0 Å². The van der Waals surface area contributed by atoms with Gasteiger partial charge in [0.05, 0.1) is 10.0 Å². The van der Waals surface area contributed by atoms with Gasteiger partial charge in [0.2, 0.25) is 0 Å². The van der Waals surface area contributed by atoms with Gasteiger partial charge in [-0.15, -0.1) is 11.8 Å². The first-order chi connectivity index (χ1) is 7.63. The second kappa shape index (κ2) is 7.75. The normalized spacial score (nSPS) is 12.8. The van der Waals surface area contributed by atoms with Crippen LogP contribution in [-0.2, 0) is 0 Å². The van der Waals surface area contributed by atoms with E-state index in [-0.39, 0.29) is 0 Å². The minimum absolute atomic E-state index is 0.620. The summed E-state index contributed by atoms with van der Waals surface area (Å²) in [5.74, 6) is 2.83. The third-order valence-electron chi connectivity index (χ3n) is 2.39. The van der Waals surface area contributed by atoms with Crippen LogP contribution in [0.2, 0.25) is 10.0 Å². The first-order valence-electron chi connectivity index (χ1n) is 5.32. The molecular formula is C12H16Cl2S2. The predicted molar refractivity (Wildman–Crippen MR) is 79.4 cm³/mol. The fourth-order valence-corrected chi connectivity index (χ4v) is 3.23. The van der Waals surface area contributed by atoms with Crippen molar-refractivity contribution in [2.75, 3.05) is 11.5 Å². The minimum atomic E-state index is 0.620. The highest BCUT2D eigenvalue weighted by Gasteiger charge is 2.03. The molecule has 0 aliphatic rings. The lowest BCUT2D eigenvalue weighted by molar-refractivity contribution is 0.554. The van der Waals surface area contributed by atoms with Crippen molar-refractivity contribution < 1.29 is 0 Å². The smallest absolute Gasteiger partial charge is 0.0603 e. The van der Waals surface area contributed by atoms with E-state index in [2.05, 4.69) is 19.6 Å². The lowest BCUT2D eigenvalue weighted by Crippen LogP contribution is -1.97. The first kappa shape index (κ1) is 14.6. The zero-order valence-corrected chi connectivity index (χ0v) is 12.5. The van der Waals surface area contributed by atoms with Crippen LogP contribution < -0.4 is 0 Å². The van der Waals surface area contributed by atoms with Gasteiger partial charge in [0.15, 0.2) is 0 Å². The van der Waals surface area contributed by atoms with Gasteiger partial charge >= 0.3 is 0 Å². The SMILES string of the molecule is CC(CCS)CCSc1ccc(Cl)c(Cl)c1. The summed E-state index contributed by atoms with van der Waals surface area (Å²) in [6.45, 7) is 2.27. The minimum Gasteiger partial charge on any atom is -0.179 e. The second-order valence-electron chi connectivity index (χ2n) is 3.83. The molecule has 1 aromatic carbocycles. The summed E-state index contributed by atoms with van der Waals surface area (Å²) < 4.78 is 0. The molecule has 0 aromatic heterocycles. The Morgan fingerprint density at radius 1 is 1.25 bits per heavy atom. The van der Waals surface area contributed by atoms with Crippen molar-refractivity contribution in [3.05, 3.63) is 28.2 Å². The molecule has 0 saturated heterocycles. The van der Waals surface area contributed by atoms with E-state index in [1.54, 1.807) is 0 Å². The van der Waals surface area contributed by atoms with Crippen LogP contribution in [0.25, 0.3) is 0 Å². The number of hydrogen-bond donors (Lipinski definition) is 1. The first-order valence-corrected chi connectivity index (χ1v) is 7.69. The predicted octanol–water partition coefficient (Wildman–Crippen LogP) is 5.43. The monoisotopic (exact) mass is 294 g/mol. The zero-order valence-electron chi connectivity index (χ0n) is 9.25. The van der Waals surface area contributed by atoms with E-state index in [9.17, 15) is 0 Å². The topological polar surface area (TPSA) is 0 Å². The summed E-state index contributed by atoms with van der Waals surface area (Å²) in [6.07, 6.45) is 2.40. The van der Waals surface area contributed by atoms with E-state index in [4.69, 9.17) is 23.2 Å². The number of rotatable bonds is 6. The third kappa shape index (κ3) is 5.22. The van der Waals surface area contributed by atoms with Gasteiger partial charge < -0.3 is 0 Å². The lowest BCUT2D eigenvalue weighted by Gasteiger charge is -2.09. The Kier molecular flexibility index (Phi) is 7.06. The van der Waals surface area contributed by atoms with Crippen LogP contribution in [0.3, 0.4) is 0 Å². The van der Waals surface area contributed by atoms with Crippen molar-refractivity contribution in [3.8, 4) is 0 Å². The van der Waals surface area contributed by atoms with Crippen molar-refractivity contribution in [3.63, 3.8) is 0 Å². The lowest BCUT2D eigenvalue weighted by atomic mass is 10.1. The molecular weight excluding hydrogens is 279 g/mol. The molecule has 4 heteroatoms. The maximum absolute atomic E-state index is 5.95. The van der Waals surface area contributed by atoms with Crippen LogP contribution in [0.4, 0.5) is 0 Å². The van der Waals surface area contributed by atoms with E-state index in [1.807, 2.05) is 30.0 Å². The fraction of sp³-hybridized carbons (Fsp3) is 0.500. The average Bonchev–Trinajstić information content (AvgIpc) is 2.24. The Hall–Kier alpha value is 0.500. The Bertz CT molecular complexity index is 329. The maximum atomic E-state index is 5.95. The molecule has 1 aromatic rings. The summed E-state index contributed by atoms with van der Waals surface area (Å²) in [7, 11) is 0. The van der Waals surface area contributed by atoms with E-state index in [1.165, 1.54) is 17.7 Å². The molecule has 0 saturated carbocycles. The summed E-state index contributed by atoms with van der Waals surface area (Å²) in [5.41, 5.74) is 0. The zero-order chi connectivity index (χ0) is 12.0. The summed E-state index contributed by atoms with van der Waals surface area (Å²) in [4.78, 5) is 1.19. The van der Waals surface area contributed by atoms with Gasteiger partial charge in [0.1, 0.15) is 0 Å². The fourth-order valence-electron chi connectivity index (χ4n) is 1.31. The molecule has 0 spiro atoms. The highest BCUT2D eigenvalue weighted by molar-refractivity contribution is 7.99. The van der Waals surface area contributed by atoms with Crippen molar-refractivity contribution in [2.24, 2.45) is 5.92 Å². The van der Waals surface area contributed by atoms with Crippen LogP contribution >= 0.6 is 47.6 Å². The Morgan fingerprint density at radius 2 is 2.00 bits per heavy atom. The molecule has 0 aliphatic heterocycles. The quantitative estimate of drug-likeness (QED) is 0.539. The van der Waals surface area contributed by atoms with Crippen molar-refractivity contribution >= 4 is 47.6 Å². The standard InChI is InChI=1S/C12H16Cl2S2/c1-9(4-6-15)5-7-16-10-2-3-11(13)12(14)8-10/h2-3,8-9,15H,4-7H2,1H3. The van der Waals surface area contributed by atoms with Gasteiger partial charge in [-0.1, -0.05) is 30.1 Å². The number of hydrogen-bond acceptors (Lipinski definition) is 2. The molecule has 0 fully saturated rings. The summed E-state index contributed by atoms with van der Waals surface area (Å²) >= 11 is 17.9. The maximum Gasteiger partial charge on any atom is 0.0603 e. The molecule has 1 atom stereocenters. The number of benzene rings is 1. The Morgan fingerprint density at radius 3 is 2.62 bits per heavy atom. The van der Waals surface area contributed by atoms with Crippen LogP contribution in [0.5, 0.6) is 0 Å².